The van der Waals surface area contributed by atoms with E-state index in [1.807, 2.05) is 12.1 Å². The van der Waals surface area contributed by atoms with Gasteiger partial charge in [0.15, 0.2) is 5.43 Å². The van der Waals surface area contributed by atoms with Crippen LogP contribution in [0.2, 0.25) is 5.02 Å². The van der Waals surface area contributed by atoms with E-state index < -0.39 is 0 Å². The zero-order valence-corrected chi connectivity index (χ0v) is 10.3. The molecule has 3 heteroatoms. The van der Waals surface area contributed by atoms with Gasteiger partial charge in [-0.25, -0.2) is 0 Å². The maximum Gasteiger partial charge on any atom is 0.192 e. The Kier molecular flexibility index (Phi) is 2.67. The van der Waals surface area contributed by atoms with E-state index in [9.17, 15) is 4.79 Å². The maximum absolute atomic E-state index is 12.4. The van der Waals surface area contributed by atoms with E-state index in [0.29, 0.717) is 5.02 Å². The summed E-state index contributed by atoms with van der Waals surface area (Å²) < 4.78 is 0. The molecule has 0 aliphatic heterocycles. The van der Waals surface area contributed by atoms with Crippen LogP contribution in [-0.4, -0.2) is 4.98 Å². The van der Waals surface area contributed by atoms with Gasteiger partial charge in [0.05, 0.1) is 0 Å². The van der Waals surface area contributed by atoms with Crippen molar-refractivity contribution in [3.05, 3.63) is 44.7 Å². The molecule has 88 valence electrons. The lowest BCUT2D eigenvalue weighted by atomic mass is 10.0. The van der Waals surface area contributed by atoms with Gasteiger partial charge in [-0.1, -0.05) is 18.0 Å². The molecule has 17 heavy (non-hydrogen) atoms. The third-order valence-electron chi connectivity index (χ3n) is 3.50. The molecule has 1 N–H and O–H groups in total. The molecule has 0 unspecified atom stereocenters. The van der Waals surface area contributed by atoms with Crippen molar-refractivity contribution in [2.45, 2.75) is 32.1 Å². The largest absolute Gasteiger partial charge is 0.358 e. The number of hydrogen-bond donors (Lipinski definition) is 1. The number of benzene rings is 1. The summed E-state index contributed by atoms with van der Waals surface area (Å²) in [6, 6.07) is 5.48. The van der Waals surface area contributed by atoms with Crippen LogP contribution in [-0.2, 0) is 12.8 Å². The number of fused-ring (bicyclic) bond motifs is 2. The lowest BCUT2D eigenvalue weighted by molar-refractivity contribution is 0.708. The Labute approximate surface area is 105 Å². The molecule has 0 amide bonds. The first-order valence-corrected chi connectivity index (χ1v) is 6.47. The van der Waals surface area contributed by atoms with Crippen molar-refractivity contribution in [3.8, 4) is 0 Å². The summed E-state index contributed by atoms with van der Waals surface area (Å²) in [5.74, 6) is 0. The monoisotopic (exact) mass is 247 g/mol. The molecule has 1 aliphatic carbocycles. The van der Waals surface area contributed by atoms with E-state index in [1.54, 1.807) is 6.07 Å². The molecular weight excluding hydrogens is 234 g/mol. The van der Waals surface area contributed by atoms with Crippen molar-refractivity contribution in [1.29, 1.82) is 0 Å². The van der Waals surface area contributed by atoms with Gasteiger partial charge in [-0.15, -0.1) is 0 Å². The van der Waals surface area contributed by atoms with Crippen molar-refractivity contribution in [1.82, 2.24) is 4.98 Å². The Balaban J connectivity index is 2.33. The highest BCUT2D eigenvalue weighted by Crippen LogP contribution is 2.21. The van der Waals surface area contributed by atoms with Crippen LogP contribution in [0.5, 0.6) is 0 Å². The Morgan fingerprint density at radius 1 is 1.12 bits per heavy atom. The molecule has 1 aromatic carbocycles. The number of hydrogen-bond acceptors (Lipinski definition) is 1. The second kappa shape index (κ2) is 4.19. The molecule has 0 saturated carbocycles. The van der Waals surface area contributed by atoms with Gasteiger partial charge >= 0.3 is 0 Å². The highest BCUT2D eigenvalue weighted by atomic mass is 35.5. The molecular formula is C14H14ClNO. The number of H-pyrrole nitrogens is 1. The van der Waals surface area contributed by atoms with Crippen molar-refractivity contribution < 1.29 is 0 Å². The summed E-state index contributed by atoms with van der Waals surface area (Å²) in [6.45, 7) is 0. The zero-order chi connectivity index (χ0) is 11.8. The lowest BCUT2D eigenvalue weighted by Gasteiger charge is -2.08. The first kappa shape index (κ1) is 10.8. The zero-order valence-electron chi connectivity index (χ0n) is 9.55. The molecule has 1 heterocycles. The third kappa shape index (κ3) is 1.87. The van der Waals surface area contributed by atoms with Crippen molar-refractivity contribution in [2.24, 2.45) is 0 Å². The van der Waals surface area contributed by atoms with Crippen LogP contribution >= 0.6 is 11.6 Å². The van der Waals surface area contributed by atoms with E-state index >= 15 is 0 Å². The van der Waals surface area contributed by atoms with Gasteiger partial charge in [-0.2, -0.15) is 0 Å². The van der Waals surface area contributed by atoms with E-state index in [4.69, 9.17) is 11.6 Å². The average molecular weight is 248 g/mol. The quantitative estimate of drug-likeness (QED) is 0.711. The molecule has 1 aliphatic rings. The van der Waals surface area contributed by atoms with Crippen molar-refractivity contribution in [2.75, 3.05) is 0 Å². The molecule has 2 aromatic rings. The molecule has 1 aromatic heterocycles. The molecule has 2 nitrogen and oxygen atoms in total. The van der Waals surface area contributed by atoms with Crippen LogP contribution in [0.1, 0.15) is 30.5 Å². The number of pyridine rings is 1. The van der Waals surface area contributed by atoms with Crippen molar-refractivity contribution in [3.63, 3.8) is 0 Å². The van der Waals surface area contributed by atoms with Gasteiger partial charge in [0.2, 0.25) is 0 Å². The minimum atomic E-state index is 0.165. The molecule has 0 fully saturated rings. The molecule has 3 rings (SSSR count). The summed E-state index contributed by atoms with van der Waals surface area (Å²) >= 11 is 5.95. The predicted octanol–water partition coefficient (Wildman–Crippen LogP) is 3.45. The highest BCUT2D eigenvalue weighted by Gasteiger charge is 2.14. The molecule has 0 spiro atoms. The van der Waals surface area contributed by atoms with Crippen LogP contribution in [0.15, 0.2) is 23.0 Å². The fourth-order valence-electron chi connectivity index (χ4n) is 2.61. The minimum absolute atomic E-state index is 0.165. The molecule has 0 atom stereocenters. The average Bonchev–Trinajstić information content (AvgIpc) is 2.56. The number of rotatable bonds is 0. The molecule has 0 bridgehead atoms. The number of halogens is 1. The fourth-order valence-corrected chi connectivity index (χ4v) is 2.78. The number of aromatic nitrogens is 1. The standard InChI is InChI=1S/C14H14ClNO/c15-9-6-7-13-11(8-9)14(17)10-4-2-1-3-5-12(10)16-13/h6-8H,1-5H2,(H,16,17). The van der Waals surface area contributed by atoms with Gasteiger partial charge < -0.3 is 4.98 Å². The summed E-state index contributed by atoms with van der Waals surface area (Å²) in [4.78, 5) is 15.8. The first-order valence-electron chi connectivity index (χ1n) is 6.09. The van der Waals surface area contributed by atoms with Crippen LogP contribution in [0.25, 0.3) is 10.9 Å². The summed E-state index contributed by atoms with van der Waals surface area (Å²) in [5, 5.41) is 1.34. The summed E-state index contributed by atoms with van der Waals surface area (Å²) in [5.41, 5.74) is 3.16. The van der Waals surface area contributed by atoms with Crippen LogP contribution in [0, 0.1) is 0 Å². The molecule has 0 radical (unpaired) electrons. The number of nitrogens with one attached hydrogen (secondary N) is 1. The van der Waals surface area contributed by atoms with Gasteiger partial charge in [-0.3, -0.25) is 4.79 Å². The Hall–Kier alpha value is -1.28. The van der Waals surface area contributed by atoms with E-state index in [2.05, 4.69) is 4.98 Å². The first-order chi connectivity index (χ1) is 8.25. The number of aryl methyl sites for hydroxylation is 1. The lowest BCUT2D eigenvalue weighted by Crippen LogP contribution is -2.13. The summed E-state index contributed by atoms with van der Waals surface area (Å²) in [7, 11) is 0. The van der Waals surface area contributed by atoms with E-state index in [1.165, 1.54) is 12.8 Å². The van der Waals surface area contributed by atoms with Gasteiger partial charge in [0.25, 0.3) is 0 Å². The second-order valence-electron chi connectivity index (χ2n) is 4.66. The maximum atomic E-state index is 12.4. The Bertz CT molecular complexity index is 630. The van der Waals surface area contributed by atoms with Crippen LogP contribution in [0.3, 0.4) is 0 Å². The number of aromatic amines is 1. The van der Waals surface area contributed by atoms with E-state index in [-0.39, 0.29) is 5.43 Å². The van der Waals surface area contributed by atoms with Crippen LogP contribution in [0.4, 0.5) is 0 Å². The van der Waals surface area contributed by atoms with Crippen LogP contribution < -0.4 is 5.43 Å². The summed E-state index contributed by atoms with van der Waals surface area (Å²) in [6.07, 6.45) is 5.37. The topological polar surface area (TPSA) is 32.9 Å². The highest BCUT2D eigenvalue weighted by molar-refractivity contribution is 6.31. The second-order valence-corrected chi connectivity index (χ2v) is 5.10. The van der Waals surface area contributed by atoms with E-state index in [0.717, 1.165) is 41.4 Å². The normalized spacial score (nSPS) is 15.6. The molecule has 0 saturated heterocycles. The van der Waals surface area contributed by atoms with Gasteiger partial charge in [0, 0.05) is 27.2 Å². The third-order valence-corrected chi connectivity index (χ3v) is 3.74. The predicted molar refractivity (Wildman–Crippen MR) is 70.8 cm³/mol. The Morgan fingerprint density at radius 2 is 1.94 bits per heavy atom. The minimum Gasteiger partial charge on any atom is -0.358 e. The van der Waals surface area contributed by atoms with Gasteiger partial charge in [-0.05, 0) is 43.9 Å². The smallest absolute Gasteiger partial charge is 0.192 e. The SMILES string of the molecule is O=c1c2c([nH]c3ccc(Cl)cc13)CCCCC2. The van der Waals surface area contributed by atoms with Crippen molar-refractivity contribution >= 4 is 22.5 Å². The van der Waals surface area contributed by atoms with Gasteiger partial charge in [0.1, 0.15) is 0 Å². The fraction of sp³-hybridized carbons (Fsp3) is 0.357. The Morgan fingerprint density at radius 3 is 2.82 bits per heavy atom.